The van der Waals surface area contributed by atoms with Gasteiger partial charge in [0.05, 0.1) is 9.95 Å². The molecule has 22 heavy (non-hydrogen) atoms. The van der Waals surface area contributed by atoms with E-state index in [1.54, 1.807) is 0 Å². The van der Waals surface area contributed by atoms with E-state index in [2.05, 4.69) is 0 Å². The van der Waals surface area contributed by atoms with Crippen LogP contribution in [0, 0.1) is 21.7 Å². The van der Waals surface area contributed by atoms with Gasteiger partial charge in [0, 0.05) is 17.7 Å². The van der Waals surface area contributed by atoms with Gasteiger partial charge in [0.2, 0.25) is 0 Å². The van der Waals surface area contributed by atoms with Crippen LogP contribution in [-0.2, 0) is 0 Å². The molecule has 0 aliphatic rings. The van der Waals surface area contributed by atoms with E-state index >= 15 is 0 Å². The lowest BCUT2D eigenvalue weighted by atomic mass is 10.1. The average Bonchev–Trinajstić information content (AvgIpc) is 2.48. The van der Waals surface area contributed by atoms with Gasteiger partial charge in [-0.05, 0) is 24.3 Å². The molecule has 0 amide bonds. The predicted molar refractivity (Wildman–Crippen MR) is 74.3 cm³/mol. The number of benzene rings is 2. The van der Waals surface area contributed by atoms with Crippen molar-refractivity contribution in [3.63, 3.8) is 0 Å². The summed E-state index contributed by atoms with van der Waals surface area (Å²) in [5.41, 5.74) is -0.277. The molecule has 0 aromatic heterocycles. The second-order valence-electron chi connectivity index (χ2n) is 4.21. The summed E-state index contributed by atoms with van der Waals surface area (Å²) >= 11 is 5.80. The lowest BCUT2D eigenvalue weighted by Gasteiger charge is -2.07. The molecule has 0 unspecified atom stereocenters. The number of halogens is 3. The molecule has 0 saturated carbocycles. The fourth-order valence-electron chi connectivity index (χ4n) is 1.62. The zero-order valence-corrected chi connectivity index (χ0v) is 11.6. The van der Waals surface area contributed by atoms with E-state index in [1.165, 1.54) is 12.1 Å². The number of carbonyl (C=O) groups excluding carboxylic acids is 1. The minimum absolute atomic E-state index is 0.0349. The quantitative estimate of drug-likeness (QED) is 0.476. The number of hydrogen-bond acceptors (Lipinski definition) is 4. The molecule has 0 atom stereocenters. The van der Waals surface area contributed by atoms with E-state index < -0.39 is 28.9 Å². The third kappa shape index (κ3) is 3.56. The number of nitrogens with zero attached hydrogens (tertiary/aromatic N) is 1. The molecule has 2 rings (SSSR count). The number of ether oxygens (including phenoxy) is 1. The molecule has 0 aliphatic carbocycles. The lowest BCUT2D eigenvalue weighted by molar-refractivity contribution is -0.384. The first kappa shape index (κ1) is 15.8. The van der Waals surface area contributed by atoms with E-state index in [9.17, 15) is 23.7 Å². The van der Waals surface area contributed by atoms with Gasteiger partial charge in [0.1, 0.15) is 5.75 Å². The molecule has 0 fully saturated rings. The van der Waals surface area contributed by atoms with Crippen LogP contribution in [-0.4, -0.2) is 17.3 Å². The van der Waals surface area contributed by atoms with Gasteiger partial charge in [-0.25, -0.2) is 8.78 Å². The first-order valence-electron chi connectivity index (χ1n) is 5.93. The van der Waals surface area contributed by atoms with Crippen LogP contribution in [0.25, 0.3) is 0 Å². The smallest absolute Gasteiger partial charge is 0.271 e. The van der Waals surface area contributed by atoms with Gasteiger partial charge >= 0.3 is 0 Å². The monoisotopic (exact) mass is 327 g/mol. The Kier molecular flexibility index (Phi) is 4.67. The Balaban J connectivity index is 2.07. The Bertz CT molecular complexity index is 752. The van der Waals surface area contributed by atoms with E-state index in [0.29, 0.717) is 0 Å². The molecule has 0 radical (unpaired) electrons. The maximum atomic E-state index is 13.0. The lowest BCUT2D eigenvalue weighted by Crippen LogP contribution is -2.12. The molecular formula is C14H8ClF2NO4. The Labute approximate surface area is 128 Å². The summed E-state index contributed by atoms with van der Waals surface area (Å²) in [6.45, 7) is -0.470. The van der Waals surface area contributed by atoms with Crippen molar-refractivity contribution in [1.82, 2.24) is 0 Å². The third-order valence-electron chi connectivity index (χ3n) is 2.73. The van der Waals surface area contributed by atoms with E-state index in [-0.39, 0.29) is 22.0 Å². The summed E-state index contributed by atoms with van der Waals surface area (Å²) in [5, 5.41) is 10.5. The fourth-order valence-corrected chi connectivity index (χ4v) is 1.85. The van der Waals surface area contributed by atoms with Crippen LogP contribution in [0.1, 0.15) is 10.4 Å². The highest BCUT2D eigenvalue weighted by Crippen LogP contribution is 2.28. The molecule has 114 valence electrons. The number of rotatable bonds is 5. The molecule has 5 nitrogen and oxygen atoms in total. The predicted octanol–water partition coefficient (Wildman–Crippen LogP) is 3.79. The maximum absolute atomic E-state index is 13.0. The van der Waals surface area contributed by atoms with Crippen molar-refractivity contribution in [1.29, 1.82) is 0 Å². The minimum Gasteiger partial charge on any atom is -0.484 e. The molecule has 0 spiro atoms. The third-order valence-corrected chi connectivity index (χ3v) is 3.02. The second kappa shape index (κ2) is 6.48. The van der Waals surface area contributed by atoms with Gasteiger partial charge < -0.3 is 4.74 Å². The zero-order valence-electron chi connectivity index (χ0n) is 10.9. The molecule has 0 aliphatic heterocycles. The summed E-state index contributed by atoms with van der Waals surface area (Å²) in [5.74, 6) is -2.72. The first-order chi connectivity index (χ1) is 10.4. The van der Waals surface area contributed by atoms with Crippen LogP contribution in [0.5, 0.6) is 5.75 Å². The Hall–Kier alpha value is -2.54. The number of non-ortho nitro benzene ring substituents is 1. The van der Waals surface area contributed by atoms with Gasteiger partial charge in [-0.1, -0.05) is 11.6 Å². The van der Waals surface area contributed by atoms with Crippen molar-refractivity contribution in [3.05, 3.63) is 68.7 Å². The highest BCUT2D eigenvalue weighted by atomic mass is 35.5. The van der Waals surface area contributed by atoms with Crippen LogP contribution in [0.15, 0.2) is 36.4 Å². The highest BCUT2D eigenvalue weighted by molar-refractivity contribution is 6.32. The number of ketones is 1. The Morgan fingerprint density at radius 3 is 2.50 bits per heavy atom. The van der Waals surface area contributed by atoms with E-state index in [4.69, 9.17) is 16.3 Å². The number of hydrogen-bond donors (Lipinski definition) is 0. The van der Waals surface area contributed by atoms with Crippen molar-refractivity contribution in [2.45, 2.75) is 0 Å². The number of Topliss-reactive ketones (excluding diaryl/α,β-unsaturated/α-hetero) is 1. The van der Waals surface area contributed by atoms with Gasteiger partial charge in [-0.2, -0.15) is 0 Å². The number of nitro groups is 1. The summed E-state index contributed by atoms with van der Waals surface area (Å²) in [4.78, 5) is 21.7. The van der Waals surface area contributed by atoms with Crippen LogP contribution in [0.2, 0.25) is 5.02 Å². The topological polar surface area (TPSA) is 69.4 Å². The van der Waals surface area contributed by atoms with Crippen molar-refractivity contribution in [2.24, 2.45) is 0 Å². The van der Waals surface area contributed by atoms with Gasteiger partial charge in [-0.3, -0.25) is 14.9 Å². The second-order valence-corrected chi connectivity index (χ2v) is 4.62. The standard InChI is InChI=1S/C14H8ClF2NO4/c15-10-6-9(18(20)21)2-4-14(10)22-7-13(19)8-1-3-11(16)12(17)5-8/h1-6H,7H2. The molecule has 0 heterocycles. The van der Waals surface area contributed by atoms with Gasteiger partial charge in [0.15, 0.2) is 24.0 Å². The van der Waals surface area contributed by atoms with Crippen molar-refractivity contribution >= 4 is 23.1 Å². The molecule has 0 N–H and O–H groups in total. The molecular weight excluding hydrogens is 320 g/mol. The highest BCUT2D eigenvalue weighted by Gasteiger charge is 2.14. The first-order valence-corrected chi connectivity index (χ1v) is 6.31. The fraction of sp³-hybridized carbons (Fsp3) is 0.0714. The van der Waals surface area contributed by atoms with E-state index in [0.717, 1.165) is 24.3 Å². The average molecular weight is 328 g/mol. The van der Waals surface area contributed by atoms with Crippen LogP contribution in [0.4, 0.5) is 14.5 Å². The van der Waals surface area contributed by atoms with Crippen LogP contribution in [0.3, 0.4) is 0 Å². The number of carbonyl (C=O) groups is 1. The normalized spacial score (nSPS) is 10.3. The maximum Gasteiger partial charge on any atom is 0.271 e. The molecule has 0 bridgehead atoms. The van der Waals surface area contributed by atoms with Gasteiger partial charge in [0.25, 0.3) is 5.69 Å². The molecule has 0 saturated heterocycles. The van der Waals surface area contributed by atoms with Crippen LogP contribution < -0.4 is 4.74 Å². The summed E-state index contributed by atoms with van der Waals surface area (Å²) in [6.07, 6.45) is 0. The number of nitro benzene ring substituents is 1. The minimum atomic E-state index is -1.14. The Morgan fingerprint density at radius 2 is 1.91 bits per heavy atom. The van der Waals surface area contributed by atoms with Crippen molar-refractivity contribution < 1.29 is 23.2 Å². The molecule has 2 aromatic rings. The van der Waals surface area contributed by atoms with Gasteiger partial charge in [-0.15, -0.1) is 0 Å². The summed E-state index contributed by atoms with van der Waals surface area (Å²) in [6, 6.07) is 6.22. The molecule has 2 aromatic carbocycles. The summed E-state index contributed by atoms with van der Waals surface area (Å²) < 4.78 is 31.0. The van der Waals surface area contributed by atoms with Crippen molar-refractivity contribution in [3.8, 4) is 5.75 Å². The van der Waals surface area contributed by atoms with E-state index in [1.807, 2.05) is 0 Å². The largest absolute Gasteiger partial charge is 0.484 e. The van der Waals surface area contributed by atoms with Crippen molar-refractivity contribution in [2.75, 3.05) is 6.61 Å². The Morgan fingerprint density at radius 1 is 1.18 bits per heavy atom. The summed E-state index contributed by atoms with van der Waals surface area (Å²) in [7, 11) is 0. The zero-order chi connectivity index (χ0) is 16.3. The molecule has 8 heteroatoms. The SMILES string of the molecule is O=C(COc1ccc([N+](=O)[O-])cc1Cl)c1ccc(F)c(F)c1. The van der Waals surface area contributed by atoms with Crippen LogP contribution >= 0.6 is 11.6 Å².